The Morgan fingerprint density at radius 1 is 1.55 bits per heavy atom. The van der Waals surface area contributed by atoms with Gasteiger partial charge in [-0.1, -0.05) is 11.6 Å². The normalized spacial score (nSPS) is 18.5. The van der Waals surface area contributed by atoms with Crippen molar-refractivity contribution >= 4 is 35.6 Å². The molecule has 112 valence electrons. The van der Waals surface area contributed by atoms with Crippen LogP contribution in [0, 0.1) is 5.92 Å². The molecule has 0 aromatic heterocycles. The Balaban J connectivity index is 0.00000200. The monoisotopic (exact) mass is 318 g/mol. The smallest absolute Gasteiger partial charge is 0.255 e. The summed E-state index contributed by atoms with van der Waals surface area (Å²) in [6, 6.07) is 5.01. The van der Waals surface area contributed by atoms with Gasteiger partial charge in [-0.05, 0) is 37.0 Å². The van der Waals surface area contributed by atoms with E-state index in [-0.39, 0.29) is 18.3 Å². The molecule has 1 amide bonds. The van der Waals surface area contributed by atoms with E-state index in [2.05, 4.69) is 0 Å². The Bertz CT molecular complexity index is 466. The van der Waals surface area contributed by atoms with Crippen molar-refractivity contribution < 1.29 is 9.53 Å². The molecule has 1 unspecified atom stereocenters. The molecule has 6 heteroatoms. The van der Waals surface area contributed by atoms with Gasteiger partial charge in [0.2, 0.25) is 0 Å². The van der Waals surface area contributed by atoms with Gasteiger partial charge in [0.25, 0.3) is 5.91 Å². The molecule has 1 saturated heterocycles. The Kier molecular flexibility index (Phi) is 6.59. The predicted molar refractivity (Wildman–Crippen MR) is 83.6 cm³/mol. The number of carbonyl (C=O) groups is 1. The van der Waals surface area contributed by atoms with E-state index in [0.717, 1.165) is 25.9 Å². The number of hydrogen-bond acceptors (Lipinski definition) is 3. The van der Waals surface area contributed by atoms with Crippen molar-refractivity contribution in [1.82, 2.24) is 4.90 Å². The fourth-order valence-corrected chi connectivity index (χ4v) is 2.77. The first kappa shape index (κ1) is 17.1. The SMILES string of the molecule is COCC1CCCN(C(=O)c2ccc(N)cc2Cl)C1.Cl. The Hall–Kier alpha value is -0.970. The summed E-state index contributed by atoms with van der Waals surface area (Å²) in [5, 5.41) is 0.416. The van der Waals surface area contributed by atoms with Crippen molar-refractivity contribution in [1.29, 1.82) is 0 Å². The van der Waals surface area contributed by atoms with Crippen LogP contribution in [0.5, 0.6) is 0 Å². The lowest BCUT2D eigenvalue weighted by molar-refractivity contribution is 0.0571. The largest absolute Gasteiger partial charge is 0.399 e. The van der Waals surface area contributed by atoms with Crippen LogP contribution in [-0.4, -0.2) is 37.6 Å². The quantitative estimate of drug-likeness (QED) is 0.872. The molecule has 1 heterocycles. The summed E-state index contributed by atoms with van der Waals surface area (Å²) < 4.78 is 5.17. The first-order chi connectivity index (χ1) is 9.11. The zero-order valence-corrected chi connectivity index (χ0v) is 13.0. The first-order valence-corrected chi connectivity index (χ1v) is 6.83. The summed E-state index contributed by atoms with van der Waals surface area (Å²) >= 11 is 6.09. The van der Waals surface area contributed by atoms with Gasteiger partial charge in [0, 0.05) is 25.9 Å². The topological polar surface area (TPSA) is 55.6 Å². The molecule has 0 aliphatic carbocycles. The third-order valence-corrected chi connectivity index (χ3v) is 3.74. The number of rotatable bonds is 3. The van der Waals surface area contributed by atoms with Crippen LogP contribution in [0.3, 0.4) is 0 Å². The van der Waals surface area contributed by atoms with Crippen LogP contribution < -0.4 is 5.73 Å². The zero-order chi connectivity index (χ0) is 13.8. The maximum Gasteiger partial charge on any atom is 0.255 e. The molecular weight excluding hydrogens is 299 g/mol. The molecule has 1 fully saturated rings. The number of methoxy groups -OCH3 is 1. The molecule has 2 rings (SSSR count). The van der Waals surface area contributed by atoms with Crippen LogP contribution in [0.2, 0.25) is 5.02 Å². The maximum atomic E-state index is 12.4. The molecule has 1 aliphatic heterocycles. The molecule has 4 nitrogen and oxygen atoms in total. The highest BCUT2D eigenvalue weighted by atomic mass is 35.5. The fourth-order valence-electron chi connectivity index (χ4n) is 2.50. The highest BCUT2D eigenvalue weighted by Gasteiger charge is 2.25. The lowest BCUT2D eigenvalue weighted by atomic mass is 9.98. The summed E-state index contributed by atoms with van der Waals surface area (Å²) in [6.45, 7) is 2.20. The van der Waals surface area contributed by atoms with Gasteiger partial charge in [-0.2, -0.15) is 0 Å². The van der Waals surface area contributed by atoms with E-state index in [0.29, 0.717) is 28.8 Å². The number of benzene rings is 1. The minimum atomic E-state index is -0.0224. The average Bonchev–Trinajstić information content (AvgIpc) is 2.39. The van der Waals surface area contributed by atoms with E-state index in [1.165, 1.54) is 0 Å². The fraction of sp³-hybridized carbons (Fsp3) is 0.500. The van der Waals surface area contributed by atoms with Crippen LogP contribution in [-0.2, 0) is 4.74 Å². The standard InChI is InChI=1S/C14H19ClN2O2.ClH/c1-19-9-10-3-2-6-17(8-10)14(18)12-5-4-11(16)7-13(12)15;/h4-5,7,10H,2-3,6,8-9,16H2,1H3;1H. The Morgan fingerprint density at radius 2 is 2.30 bits per heavy atom. The minimum Gasteiger partial charge on any atom is -0.399 e. The molecule has 0 radical (unpaired) electrons. The average molecular weight is 319 g/mol. The number of ether oxygens (including phenoxy) is 1. The summed E-state index contributed by atoms with van der Waals surface area (Å²) in [5.41, 5.74) is 6.73. The second-order valence-electron chi connectivity index (χ2n) is 4.95. The van der Waals surface area contributed by atoms with Crippen LogP contribution in [0.15, 0.2) is 18.2 Å². The van der Waals surface area contributed by atoms with E-state index in [1.807, 2.05) is 4.90 Å². The van der Waals surface area contributed by atoms with Crippen molar-refractivity contribution in [2.45, 2.75) is 12.8 Å². The van der Waals surface area contributed by atoms with Gasteiger partial charge >= 0.3 is 0 Å². The second kappa shape index (κ2) is 7.72. The van der Waals surface area contributed by atoms with Crippen molar-refractivity contribution in [3.8, 4) is 0 Å². The van der Waals surface area contributed by atoms with Gasteiger partial charge in [0.15, 0.2) is 0 Å². The van der Waals surface area contributed by atoms with Gasteiger partial charge in [0.1, 0.15) is 0 Å². The van der Waals surface area contributed by atoms with Crippen LogP contribution in [0.1, 0.15) is 23.2 Å². The number of piperidine rings is 1. The van der Waals surface area contributed by atoms with Crippen molar-refractivity contribution in [3.63, 3.8) is 0 Å². The van der Waals surface area contributed by atoms with Gasteiger partial charge < -0.3 is 15.4 Å². The number of nitrogens with two attached hydrogens (primary N) is 1. The summed E-state index contributed by atoms with van der Waals surface area (Å²) in [6.07, 6.45) is 2.11. The molecule has 1 aromatic carbocycles. The predicted octanol–water partition coefficient (Wildman–Crippen LogP) is 2.84. The molecule has 0 spiro atoms. The number of nitrogens with zero attached hydrogens (tertiary/aromatic N) is 1. The summed E-state index contributed by atoms with van der Waals surface area (Å²) in [5.74, 6) is 0.390. The maximum absolute atomic E-state index is 12.4. The zero-order valence-electron chi connectivity index (χ0n) is 11.5. The molecule has 1 atom stereocenters. The third kappa shape index (κ3) is 4.01. The number of amides is 1. The summed E-state index contributed by atoms with van der Waals surface area (Å²) in [4.78, 5) is 14.3. The molecule has 1 aromatic rings. The van der Waals surface area contributed by atoms with E-state index in [9.17, 15) is 4.79 Å². The highest BCUT2D eigenvalue weighted by Crippen LogP contribution is 2.24. The summed E-state index contributed by atoms with van der Waals surface area (Å²) in [7, 11) is 1.69. The van der Waals surface area contributed by atoms with Crippen LogP contribution in [0.4, 0.5) is 5.69 Å². The van der Waals surface area contributed by atoms with E-state index in [4.69, 9.17) is 22.1 Å². The lowest BCUT2D eigenvalue weighted by Gasteiger charge is -2.32. The van der Waals surface area contributed by atoms with Gasteiger partial charge in [-0.25, -0.2) is 0 Å². The van der Waals surface area contributed by atoms with Crippen molar-refractivity contribution in [3.05, 3.63) is 28.8 Å². The lowest BCUT2D eigenvalue weighted by Crippen LogP contribution is -2.41. The Labute approximate surface area is 130 Å². The van der Waals surface area contributed by atoms with Crippen LogP contribution >= 0.6 is 24.0 Å². The van der Waals surface area contributed by atoms with Gasteiger partial charge in [-0.3, -0.25) is 4.79 Å². The molecule has 0 bridgehead atoms. The van der Waals surface area contributed by atoms with E-state index in [1.54, 1.807) is 25.3 Å². The van der Waals surface area contributed by atoms with Crippen LogP contribution in [0.25, 0.3) is 0 Å². The van der Waals surface area contributed by atoms with Gasteiger partial charge in [-0.15, -0.1) is 12.4 Å². The van der Waals surface area contributed by atoms with Gasteiger partial charge in [0.05, 0.1) is 17.2 Å². The number of hydrogen-bond donors (Lipinski definition) is 1. The van der Waals surface area contributed by atoms with Crippen molar-refractivity contribution in [2.75, 3.05) is 32.5 Å². The number of likely N-dealkylation sites (tertiary alicyclic amines) is 1. The molecule has 20 heavy (non-hydrogen) atoms. The second-order valence-corrected chi connectivity index (χ2v) is 5.36. The Morgan fingerprint density at radius 3 is 2.95 bits per heavy atom. The number of nitrogen functional groups attached to an aromatic ring is 1. The van der Waals surface area contributed by atoms with Crippen molar-refractivity contribution in [2.24, 2.45) is 5.92 Å². The molecule has 1 aliphatic rings. The molecular formula is C14H20Cl2N2O2. The van der Waals surface area contributed by atoms with E-state index < -0.39 is 0 Å². The number of anilines is 1. The molecule has 2 N–H and O–H groups in total. The minimum absolute atomic E-state index is 0. The first-order valence-electron chi connectivity index (χ1n) is 6.45. The van der Waals surface area contributed by atoms with E-state index >= 15 is 0 Å². The highest BCUT2D eigenvalue weighted by molar-refractivity contribution is 6.34. The number of carbonyl (C=O) groups excluding carboxylic acids is 1. The third-order valence-electron chi connectivity index (χ3n) is 3.43. The number of halogens is 2. The molecule has 0 saturated carbocycles.